The summed E-state index contributed by atoms with van der Waals surface area (Å²) >= 11 is 0. The van der Waals surface area contributed by atoms with Crippen LogP contribution in [0.1, 0.15) is 32.8 Å². The van der Waals surface area contributed by atoms with Gasteiger partial charge in [0.25, 0.3) is 0 Å². The predicted molar refractivity (Wildman–Crippen MR) is 115 cm³/mol. The zero-order valence-corrected chi connectivity index (χ0v) is 20.1. The molecule has 4 atom stereocenters. The van der Waals surface area contributed by atoms with E-state index < -0.39 is 44.4 Å². The lowest BCUT2D eigenvalue weighted by atomic mass is 10.0. The molecular weight excluding hydrogens is 425 g/mol. The molecule has 5 nitrogen and oxygen atoms in total. The van der Waals surface area contributed by atoms with Gasteiger partial charge >= 0.3 is 12.3 Å². The number of hydrogen-bond acceptors (Lipinski definition) is 4. The number of alkyl halides is 3. The number of halogens is 3. The molecule has 2 aliphatic rings. The maximum absolute atomic E-state index is 14.3. The summed E-state index contributed by atoms with van der Waals surface area (Å²) in [5.41, 5.74) is 0.230. The van der Waals surface area contributed by atoms with Crippen LogP contribution in [0, 0.1) is 0 Å². The van der Waals surface area contributed by atoms with Gasteiger partial charge in [0.05, 0.1) is 12.1 Å². The molecule has 2 bridgehead atoms. The van der Waals surface area contributed by atoms with Crippen molar-refractivity contribution in [3.05, 3.63) is 35.9 Å². The Hall–Kier alpha value is -1.58. The summed E-state index contributed by atoms with van der Waals surface area (Å²) in [4.78, 5) is 16.2. The molecule has 0 saturated carbocycles. The van der Waals surface area contributed by atoms with Crippen LogP contribution in [0.15, 0.2) is 30.3 Å². The zero-order valence-electron chi connectivity index (χ0n) is 19.1. The van der Waals surface area contributed by atoms with Crippen molar-refractivity contribution in [2.24, 2.45) is 0 Å². The van der Waals surface area contributed by atoms with Gasteiger partial charge in [-0.1, -0.05) is 30.3 Å². The Kier molecular flexibility index (Phi) is 6.52. The van der Waals surface area contributed by atoms with E-state index in [0.717, 1.165) is 5.56 Å². The fraction of sp³-hybridized carbons (Fsp3) is 0.682. The second-order valence-electron chi connectivity index (χ2n) is 10.4. The van der Waals surface area contributed by atoms with Crippen LogP contribution >= 0.6 is 0 Å². The number of rotatable bonds is 5. The normalized spacial score (nSPS) is 25.7. The number of carbonyl (C=O) groups excluding carboxylic acids is 1. The number of amides is 1. The lowest BCUT2D eigenvalue weighted by Gasteiger charge is -2.46. The van der Waals surface area contributed by atoms with Crippen LogP contribution in [0.2, 0.25) is 19.6 Å². The molecule has 3 rings (SSSR count). The van der Waals surface area contributed by atoms with E-state index in [2.05, 4.69) is 0 Å². The van der Waals surface area contributed by atoms with E-state index in [9.17, 15) is 18.0 Å². The monoisotopic (exact) mass is 458 g/mol. The minimum atomic E-state index is -4.54. The summed E-state index contributed by atoms with van der Waals surface area (Å²) < 4.78 is 54.0. The lowest BCUT2D eigenvalue weighted by molar-refractivity contribution is -0.221. The van der Waals surface area contributed by atoms with Crippen LogP contribution in [0.5, 0.6) is 0 Å². The summed E-state index contributed by atoms with van der Waals surface area (Å²) in [5, 5.41) is 0. The molecule has 2 aliphatic heterocycles. The molecular formula is C22H33F3N2O3Si. The molecule has 174 valence electrons. The third-order valence-corrected chi connectivity index (χ3v) is 6.48. The van der Waals surface area contributed by atoms with Gasteiger partial charge in [0, 0.05) is 19.1 Å². The Morgan fingerprint density at radius 2 is 1.77 bits per heavy atom. The average Bonchev–Trinajstić information content (AvgIpc) is 3.16. The topological polar surface area (TPSA) is 42.0 Å². The second kappa shape index (κ2) is 8.40. The van der Waals surface area contributed by atoms with Crippen molar-refractivity contribution in [2.75, 3.05) is 6.54 Å². The largest absolute Gasteiger partial charge is 0.444 e. The summed E-state index contributed by atoms with van der Waals surface area (Å²) in [6, 6.07) is 7.72. The van der Waals surface area contributed by atoms with Gasteiger partial charge in [-0.3, -0.25) is 4.90 Å². The third-order valence-electron chi connectivity index (χ3n) is 5.52. The van der Waals surface area contributed by atoms with Crippen molar-refractivity contribution >= 4 is 14.4 Å². The number of likely N-dealkylation sites (tertiary alicyclic amines) is 2. The fourth-order valence-corrected chi connectivity index (χ4v) is 5.55. The number of carbonyl (C=O) groups is 1. The van der Waals surface area contributed by atoms with Crippen molar-refractivity contribution < 1.29 is 27.1 Å². The van der Waals surface area contributed by atoms with Gasteiger partial charge < -0.3 is 14.1 Å². The van der Waals surface area contributed by atoms with Gasteiger partial charge in [-0.2, -0.15) is 13.2 Å². The molecule has 9 heteroatoms. The first-order valence-corrected chi connectivity index (χ1v) is 14.1. The SMILES string of the molecule is CC(C)(C)OC(=O)N1C[C@@H]2C[C@H]1C(C(O[Si](C)(C)C)C(F)(F)F)N2Cc1ccccc1. The first kappa shape index (κ1) is 24.1. The quantitative estimate of drug-likeness (QED) is 0.581. The molecule has 0 radical (unpaired) electrons. The molecule has 1 aromatic rings. The van der Waals surface area contributed by atoms with E-state index in [1.165, 1.54) is 4.90 Å². The Balaban J connectivity index is 1.94. The van der Waals surface area contributed by atoms with Crippen molar-refractivity contribution in [1.29, 1.82) is 0 Å². The lowest BCUT2D eigenvalue weighted by Crippen LogP contribution is -2.63. The standard InChI is InChI=1S/C22H33F3N2O3Si/c1-21(2,3)29-20(28)27-14-16-12-17(27)18(19(22(23,24)25)30-31(4,5)6)26(16)13-15-10-8-7-9-11-15/h7-11,16-19H,12-14H2,1-6H3/t16-,17-,18?,19?/m0/s1. The Morgan fingerprint density at radius 1 is 1.16 bits per heavy atom. The minimum Gasteiger partial charge on any atom is -0.444 e. The highest BCUT2D eigenvalue weighted by Crippen LogP contribution is 2.44. The predicted octanol–water partition coefficient (Wildman–Crippen LogP) is 5.03. The average molecular weight is 459 g/mol. The van der Waals surface area contributed by atoms with Gasteiger partial charge in [-0.25, -0.2) is 4.79 Å². The smallest absolute Gasteiger partial charge is 0.415 e. The molecule has 2 unspecified atom stereocenters. The second-order valence-corrected chi connectivity index (χ2v) is 14.9. The molecule has 0 aromatic heterocycles. The Bertz CT molecular complexity index is 777. The molecule has 2 fully saturated rings. The maximum atomic E-state index is 14.3. The summed E-state index contributed by atoms with van der Waals surface area (Å²) in [6.45, 7) is 11.3. The molecule has 0 aliphatic carbocycles. The third kappa shape index (κ3) is 5.81. The van der Waals surface area contributed by atoms with Gasteiger partial charge in [0.15, 0.2) is 14.4 Å². The maximum Gasteiger partial charge on any atom is 0.415 e. The van der Waals surface area contributed by atoms with Crippen LogP contribution in [-0.4, -0.2) is 66.8 Å². The number of fused-ring (bicyclic) bond motifs is 2. The van der Waals surface area contributed by atoms with E-state index >= 15 is 0 Å². The number of piperazine rings is 1. The van der Waals surface area contributed by atoms with Crippen LogP contribution in [0.4, 0.5) is 18.0 Å². The molecule has 2 heterocycles. The van der Waals surface area contributed by atoms with E-state index in [1.54, 1.807) is 40.4 Å². The molecule has 1 amide bonds. The zero-order chi connectivity index (χ0) is 23.2. The summed E-state index contributed by atoms with van der Waals surface area (Å²) in [6.07, 6.45) is -6.57. The van der Waals surface area contributed by atoms with Crippen molar-refractivity contribution in [3.63, 3.8) is 0 Å². The summed E-state index contributed by atoms with van der Waals surface area (Å²) in [5.74, 6) is 0. The number of ether oxygens (including phenoxy) is 1. The van der Waals surface area contributed by atoms with Crippen molar-refractivity contribution in [3.8, 4) is 0 Å². The number of hydrogen-bond donors (Lipinski definition) is 0. The Labute approximate surface area is 183 Å². The van der Waals surface area contributed by atoms with Crippen LogP contribution in [0.3, 0.4) is 0 Å². The van der Waals surface area contributed by atoms with E-state index in [1.807, 2.05) is 35.2 Å². The first-order valence-electron chi connectivity index (χ1n) is 10.7. The molecule has 2 saturated heterocycles. The van der Waals surface area contributed by atoms with E-state index in [4.69, 9.17) is 9.16 Å². The van der Waals surface area contributed by atoms with E-state index in [-0.39, 0.29) is 6.04 Å². The van der Waals surface area contributed by atoms with Gasteiger partial charge in [-0.05, 0) is 52.4 Å². The highest BCUT2D eigenvalue weighted by molar-refractivity contribution is 6.69. The molecule has 1 aromatic carbocycles. The minimum absolute atomic E-state index is 0.169. The molecule has 0 spiro atoms. The highest BCUT2D eigenvalue weighted by atomic mass is 28.4. The van der Waals surface area contributed by atoms with E-state index in [0.29, 0.717) is 19.5 Å². The number of nitrogens with zero attached hydrogens (tertiary/aromatic N) is 2. The first-order chi connectivity index (χ1) is 14.2. The molecule has 31 heavy (non-hydrogen) atoms. The van der Waals surface area contributed by atoms with Gasteiger partial charge in [0.2, 0.25) is 0 Å². The van der Waals surface area contributed by atoms with Crippen LogP contribution in [-0.2, 0) is 15.7 Å². The van der Waals surface area contributed by atoms with Gasteiger partial charge in [0.1, 0.15) is 5.60 Å². The fourth-order valence-electron chi connectivity index (χ4n) is 4.52. The van der Waals surface area contributed by atoms with Gasteiger partial charge in [-0.15, -0.1) is 0 Å². The van der Waals surface area contributed by atoms with Crippen molar-refractivity contribution in [1.82, 2.24) is 9.80 Å². The van der Waals surface area contributed by atoms with Crippen molar-refractivity contribution in [2.45, 2.75) is 89.4 Å². The van der Waals surface area contributed by atoms with Crippen LogP contribution in [0.25, 0.3) is 0 Å². The Morgan fingerprint density at radius 3 is 2.29 bits per heavy atom. The number of benzene rings is 1. The highest BCUT2D eigenvalue weighted by Gasteiger charge is 2.61. The summed E-state index contributed by atoms with van der Waals surface area (Å²) in [7, 11) is -2.52. The van der Waals surface area contributed by atoms with Crippen LogP contribution < -0.4 is 0 Å². The molecule has 0 N–H and O–H groups in total.